The summed E-state index contributed by atoms with van der Waals surface area (Å²) in [6.45, 7) is 9.88. The zero-order chi connectivity index (χ0) is 13.4. The standard InChI is InChI=1S/C13H22ClN5/c1-10-12(13(14)17(2)16-10)9-18-3-5-19(6-4-18)11-7-15-8-11/h11,15H,3-9H2,1-2H3. The van der Waals surface area contributed by atoms with Crippen LogP contribution in [-0.4, -0.2) is 64.9 Å². The first kappa shape index (κ1) is 13.4. The van der Waals surface area contributed by atoms with Gasteiger partial charge in [-0.15, -0.1) is 0 Å². The van der Waals surface area contributed by atoms with Crippen LogP contribution in [0, 0.1) is 6.92 Å². The number of aromatic nitrogens is 2. The molecule has 3 heterocycles. The highest BCUT2D eigenvalue weighted by Gasteiger charge is 2.28. The van der Waals surface area contributed by atoms with Crippen molar-refractivity contribution in [2.75, 3.05) is 39.3 Å². The number of nitrogens with one attached hydrogen (secondary N) is 1. The predicted octanol–water partition coefficient (Wildman–Crippen LogP) is 0.471. The van der Waals surface area contributed by atoms with E-state index in [9.17, 15) is 0 Å². The molecule has 1 N–H and O–H groups in total. The molecule has 1 aromatic heterocycles. The normalized spacial score (nSPS) is 22.7. The molecule has 1 aromatic rings. The molecule has 0 spiro atoms. The molecule has 0 aromatic carbocycles. The second-order valence-corrected chi connectivity index (χ2v) is 5.96. The summed E-state index contributed by atoms with van der Waals surface area (Å²) in [5.74, 6) is 0. The van der Waals surface area contributed by atoms with Crippen molar-refractivity contribution in [1.82, 2.24) is 24.9 Å². The number of rotatable bonds is 3. The number of halogens is 1. The molecule has 0 amide bonds. The van der Waals surface area contributed by atoms with E-state index in [1.165, 1.54) is 18.7 Å². The SMILES string of the molecule is Cc1nn(C)c(Cl)c1CN1CCN(C2CNC2)CC1. The first-order valence-electron chi connectivity index (χ1n) is 7.00. The summed E-state index contributed by atoms with van der Waals surface area (Å²) in [7, 11) is 1.90. The van der Waals surface area contributed by atoms with Gasteiger partial charge in [0.2, 0.25) is 0 Å². The first-order valence-corrected chi connectivity index (χ1v) is 7.38. The van der Waals surface area contributed by atoms with E-state index in [-0.39, 0.29) is 0 Å². The fraction of sp³-hybridized carbons (Fsp3) is 0.769. The van der Waals surface area contributed by atoms with Crippen LogP contribution in [0.2, 0.25) is 5.15 Å². The third kappa shape index (κ3) is 2.65. The molecular weight excluding hydrogens is 262 g/mol. The van der Waals surface area contributed by atoms with Gasteiger partial charge in [0, 0.05) is 64.5 Å². The van der Waals surface area contributed by atoms with Crippen LogP contribution < -0.4 is 5.32 Å². The highest BCUT2D eigenvalue weighted by Crippen LogP contribution is 2.21. The van der Waals surface area contributed by atoms with Gasteiger partial charge in [-0.2, -0.15) is 5.10 Å². The van der Waals surface area contributed by atoms with Crippen LogP contribution in [0.3, 0.4) is 0 Å². The molecule has 19 heavy (non-hydrogen) atoms. The smallest absolute Gasteiger partial charge is 0.131 e. The van der Waals surface area contributed by atoms with Gasteiger partial charge in [-0.3, -0.25) is 14.5 Å². The fourth-order valence-electron chi connectivity index (χ4n) is 2.90. The summed E-state index contributed by atoms with van der Waals surface area (Å²) in [6.07, 6.45) is 0. The maximum atomic E-state index is 6.30. The van der Waals surface area contributed by atoms with E-state index >= 15 is 0 Å². The maximum absolute atomic E-state index is 6.30. The van der Waals surface area contributed by atoms with E-state index in [2.05, 4.69) is 20.2 Å². The minimum Gasteiger partial charge on any atom is -0.314 e. The van der Waals surface area contributed by atoms with Crippen LogP contribution in [0.15, 0.2) is 0 Å². The Morgan fingerprint density at radius 3 is 2.42 bits per heavy atom. The van der Waals surface area contributed by atoms with Crippen LogP contribution in [0.1, 0.15) is 11.3 Å². The summed E-state index contributed by atoms with van der Waals surface area (Å²) in [4.78, 5) is 5.09. The molecule has 0 unspecified atom stereocenters. The predicted molar refractivity (Wildman–Crippen MR) is 76.5 cm³/mol. The zero-order valence-electron chi connectivity index (χ0n) is 11.7. The molecule has 0 atom stereocenters. The van der Waals surface area contributed by atoms with Crippen LogP contribution >= 0.6 is 11.6 Å². The third-order valence-corrected chi connectivity index (χ3v) is 4.81. The second-order valence-electron chi connectivity index (χ2n) is 5.60. The summed E-state index contributed by atoms with van der Waals surface area (Å²) < 4.78 is 1.77. The number of hydrogen-bond acceptors (Lipinski definition) is 4. The Morgan fingerprint density at radius 1 is 1.26 bits per heavy atom. The largest absolute Gasteiger partial charge is 0.314 e. The molecule has 2 aliphatic heterocycles. The molecule has 3 rings (SSSR count). The van der Waals surface area contributed by atoms with Crippen molar-refractivity contribution in [2.24, 2.45) is 7.05 Å². The third-order valence-electron chi connectivity index (χ3n) is 4.33. The molecule has 6 heteroatoms. The minimum atomic E-state index is 0.769. The van der Waals surface area contributed by atoms with E-state index in [0.717, 1.165) is 49.6 Å². The summed E-state index contributed by atoms with van der Waals surface area (Å²) >= 11 is 6.30. The highest BCUT2D eigenvalue weighted by molar-refractivity contribution is 6.30. The van der Waals surface area contributed by atoms with Gasteiger partial charge in [0.05, 0.1) is 5.69 Å². The van der Waals surface area contributed by atoms with Crippen molar-refractivity contribution in [1.29, 1.82) is 0 Å². The van der Waals surface area contributed by atoms with E-state index in [1.54, 1.807) is 4.68 Å². The summed E-state index contributed by atoms with van der Waals surface area (Å²) in [6, 6.07) is 0.769. The second kappa shape index (κ2) is 5.40. The van der Waals surface area contributed by atoms with Gasteiger partial charge < -0.3 is 5.32 Å². The molecule has 0 aliphatic carbocycles. The molecule has 5 nitrogen and oxygen atoms in total. The monoisotopic (exact) mass is 283 g/mol. The lowest BCUT2D eigenvalue weighted by molar-refractivity contribution is 0.0695. The fourth-order valence-corrected chi connectivity index (χ4v) is 3.13. The Hall–Kier alpha value is -0.620. The lowest BCUT2D eigenvalue weighted by Gasteiger charge is -2.43. The lowest BCUT2D eigenvalue weighted by atomic mass is 10.1. The van der Waals surface area contributed by atoms with Crippen molar-refractivity contribution in [2.45, 2.75) is 19.5 Å². The number of nitrogens with zero attached hydrogens (tertiary/aromatic N) is 4. The van der Waals surface area contributed by atoms with E-state index in [0.29, 0.717) is 0 Å². The molecule has 0 radical (unpaired) electrons. The molecular formula is C13H22ClN5. The highest BCUT2D eigenvalue weighted by atomic mass is 35.5. The molecule has 2 aliphatic rings. The Balaban J connectivity index is 1.57. The van der Waals surface area contributed by atoms with Crippen molar-refractivity contribution in [3.63, 3.8) is 0 Å². The van der Waals surface area contributed by atoms with Gasteiger partial charge in [-0.1, -0.05) is 11.6 Å². The number of piperazine rings is 1. The Labute approximate surface area is 119 Å². The Morgan fingerprint density at radius 2 is 1.95 bits per heavy atom. The van der Waals surface area contributed by atoms with Crippen LogP contribution in [0.5, 0.6) is 0 Å². The number of aryl methyl sites for hydroxylation is 2. The van der Waals surface area contributed by atoms with Crippen LogP contribution in [0.4, 0.5) is 0 Å². The van der Waals surface area contributed by atoms with Crippen molar-refractivity contribution < 1.29 is 0 Å². The van der Waals surface area contributed by atoms with Gasteiger partial charge in [0.1, 0.15) is 5.15 Å². The van der Waals surface area contributed by atoms with Gasteiger partial charge in [-0.05, 0) is 6.92 Å². The topological polar surface area (TPSA) is 36.3 Å². The van der Waals surface area contributed by atoms with E-state index in [1.807, 2.05) is 14.0 Å². The van der Waals surface area contributed by atoms with Gasteiger partial charge >= 0.3 is 0 Å². The van der Waals surface area contributed by atoms with Gasteiger partial charge in [-0.25, -0.2) is 0 Å². The molecule has 2 saturated heterocycles. The Bertz CT molecular complexity index is 446. The summed E-state index contributed by atoms with van der Waals surface area (Å²) in [5, 5.41) is 8.51. The lowest BCUT2D eigenvalue weighted by Crippen LogP contribution is -2.61. The van der Waals surface area contributed by atoms with Crippen LogP contribution in [-0.2, 0) is 13.6 Å². The van der Waals surface area contributed by atoms with Crippen molar-refractivity contribution in [3.05, 3.63) is 16.4 Å². The van der Waals surface area contributed by atoms with Gasteiger partial charge in [0.15, 0.2) is 0 Å². The quantitative estimate of drug-likeness (QED) is 0.875. The Kier molecular flexibility index (Phi) is 3.80. The average molecular weight is 284 g/mol. The average Bonchev–Trinajstić information content (AvgIpc) is 2.56. The molecule has 106 valence electrons. The molecule has 0 saturated carbocycles. The molecule has 2 fully saturated rings. The minimum absolute atomic E-state index is 0.769. The van der Waals surface area contributed by atoms with Crippen LogP contribution in [0.25, 0.3) is 0 Å². The van der Waals surface area contributed by atoms with Gasteiger partial charge in [0.25, 0.3) is 0 Å². The van der Waals surface area contributed by atoms with E-state index < -0.39 is 0 Å². The zero-order valence-corrected chi connectivity index (χ0v) is 12.4. The maximum Gasteiger partial charge on any atom is 0.131 e. The van der Waals surface area contributed by atoms with Crippen molar-refractivity contribution >= 4 is 11.6 Å². The number of hydrogen-bond donors (Lipinski definition) is 1. The summed E-state index contributed by atoms with van der Waals surface area (Å²) in [5.41, 5.74) is 2.24. The van der Waals surface area contributed by atoms with Crippen molar-refractivity contribution in [3.8, 4) is 0 Å². The first-order chi connectivity index (χ1) is 9.15. The molecule has 0 bridgehead atoms. The van der Waals surface area contributed by atoms with E-state index in [4.69, 9.17) is 11.6 Å².